The number of rotatable bonds is 7. The highest BCUT2D eigenvalue weighted by Crippen LogP contribution is 2.20. The molecule has 0 radical (unpaired) electrons. The van der Waals surface area contributed by atoms with Gasteiger partial charge in [-0.2, -0.15) is 0 Å². The largest absolute Gasteiger partial charge is 0.354 e. The van der Waals surface area contributed by atoms with Gasteiger partial charge in [-0.1, -0.05) is 6.92 Å². The summed E-state index contributed by atoms with van der Waals surface area (Å²) in [5.41, 5.74) is 0.968. The lowest BCUT2D eigenvalue weighted by Crippen LogP contribution is -2.07. The lowest BCUT2D eigenvalue weighted by Gasteiger charge is -2.07. The molecule has 0 aliphatic heterocycles. The molecular weight excluding hydrogens is 270 g/mol. The second-order valence-electron chi connectivity index (χ2n) is 4.09. The number of hydrogen-bond donors (Lipinski definition) is 1. The molecule has 0 atom stereocenters. The molecule has 1 aromatic rings. The summed E-state index contributed by atoms with van der Waals surface area (Å²) in [5.74, 6) is 1.28. The minimum Gasteiger partial charge on any atom is -0.354 e. The third-order valence-corrected chi connectivity index (χ3v) is 4.45. The van der Waals surface area contributed by atoms with Crippen LogP contribution < -0.4 is 5.32 Å². The molecule has 1 rings (SSSR count). The summed E-state index contributed by atoms with van der Waals surface area (Å²) in [5, 5.41) is 3.95. The third-order valence-electron chi connectivity index (χ3n) is 2.15. The number of sulfone groups is 1. The van der Waals surface area contributed by atoms with E-state index in [1.807, 2.05) is 6.92 Å². The molecule has 0 unspecified atom stereocenters. The summed E-state index contributed by atoms with van der Waals surface area (Å²) in [6.45, 7) is 4.83. The van der Waals surface area contributed by atoms with Crippen molar-refractivity contribution >= 4 is 27.5 Å². The van der Waals surface area contributed by atoms with Gasteiger partial charge in [0.2, 0.25) is 5.95 Å². The summed E-state index contributed by atoms with van der Waals surface area (Å²) < 4.78 is 22.1. The summed E-state index contributed by atoms with van der Waals surface area (Å²) in [4.78, 5) is 8.55. The van der Waals surface area contributed by atoms with Crippen molar-refractivity contribution in [1.29, 1.82) is 0 Å². The monoisotopic (exact) mass is 289 g/mol. The SMILES string of the molecule is CCCNc1ncc(C)c(SCCS(C)(=O)=O)n1. The molecule has 0 fully saturated rings. The molecule has 5 nitrogen and oxygen atoms in total. The van der Waals surface area contributed by atoms with Gasteiger partial charge >= 0.3 is 0 Å². The second-order valence-corrected chi connectivity index (χ2v) is 7.43. The Hall–Kier alpha value is -0.820. The van der Waals surface area contributed by atoms with E-state index >= 15 is 0 Å². The molecule has 18 heavy (non-hydrogen) atoms. The van der Waals surface area contributed by atoms with Crippen molar-refractivity contribution < 1.29 is 8.42 Å². The van der Waals surface area contributed by atoms with Gasteiger partial charge < -0.3 is 5.32 Å². The van der Waals surface area contributed by atoms with Crippen LogP contribution in [0.25, 0.3) is 0 Å². The molecule has 7 heteroatoms. The summed E-state index contributed by atoms with van der Waals surface area (Å²) in [7, 11) is -2.91. The van der Waals surface area contributed by atoms with Crippen LogP contribution in [-0.2, 0) is 9.84 Å². The van der Waals surface area contributed by atoms with E-state index in [2.05, 4.69) is 22.2 Å². The van der Waals surface area contributed by atoms with Crippen molar-refractivity contribution in [2.45, 2.75) is 25.3 Å². The highest BCUT2D eigenvalue weighted by molar-refractivity contribution is 8.00. The van der Waals surface area contributed by atoms with Gasteiger partial charge in [0.05, 0.1) is 5.75 Å². The number of nitrogens with one attached hydrogen (secondary N) is 1. The van der Waals surface area contributed by atoms with Crippen molar-refractivity contribution in [2.24, 2.45) is 0 Å². The number of hydrogen-bond acceptors (Lipinski definition) is 6. The van der Waals surface area contributed by atoms with Gasteiger partial charge in [-0.3, -0.25) is 0 Å². The normalized spacial score (nSPS) is 11.5. The van der Waals surface area contributed by atoms with E-state index in [4.69, 9.17) is 0 Å². The van der Waals surface area contributed by atoms with Crippen LogP contribution in [0.2, 0.25) is 0 Å². The molecule has 0 aliphatic carbocycles. The third kappa shape index (κ3) is 5.68. The minimum absolute atomic E-state index is 0.166. The van der Waals surface area contributed by atoms with E-state index in [0.29, 0.717) is 11.7 Å². The van der Waals surface area contributed by atoms with Crippen molar-refractivity contribution in [3.05, 3.63) is 11.8 Å². The van der Waals surface area contributed by atoms with Crippen LogP contribution >= 0.6 is 11.8 Å². The molecule has 0 aliphatic rings. The lowest BCUT2D eigenvalue weighted by molar-refractivity contribution is 0.603. The number of anilines is 1. The predicted octanol–water partition coefficient (Wildman–Crippen LogP) is 1.74. The maximum Gasteiger partial charge on any atom is 0.223 e. The molecule has 102 valence electrons. The lowest BCUT2D eigenvalue weighted by atomic mass is 10.4. The highest BCUT2D eigenvalue weighted by atomic mass is 32.2. The topological polar surface area (TPSA) is 72.0 Å². The number of thioether (sulfide) groups is 1. The van der Waals surface area contributed by atoms with E-state index in [0.717, 1.165) is 23.6 Å². The summed E-state index contributed by atoms with van der Waals surface area (Å²) in [6.07, 6.45) is 4.01. The fourth-order valence-electron chi connectivity index (χ4n) is 1.18. The van der Waals surface area contributed by atoms with Gasteiger partial charge in [0.1, 0.15) is 14.9 Å². The average molecular weight is 289 g/mol. The first-order chi connectivity index (χ1) is 8.42. The number of aromatic nitrogens is 2. The summed E-state index contributed by atoms with van der Waals surface area (Å²) >= 11 is 1.45. The van der Waals surface area contributed by atoms with Crippen molar-refractivity contribution in [2.75, 3.05) is 29.6 Å². The van der Waals surface area contributed by atoms with Crippen LogP contribution in [0.4, 0.5) is 5.95 Å². The Labute approximate surface area is 113 Å². The van der Waals surface area contributed by atoms with Crippen LogP contribution in [0.15, 0.2) is 11.2 Å². The van der Waals surface area contributed by atoms with Crippen molar-refractivity contribution in [1.82, 2.24) is 9.97 Å². The van der Waals surface area contributed by atoms with Crippen LogP contribution in [-0.4, -0.2) is 42.7 Å². The predicted molar refractivity (Wildman–Crippen MR) is 76.0 cm³/mol. The number of nitrogens with zero attached hydrogens (tertiary/aromatic N) is 2. The minimum atomic E-state index is -2.91. The van der Waals surface area contributed by atoms with E-state index in [1.54, 1.807) is 6.20 Å². The molecule has 0 saturated carbocycles. The molecule has 0 amide bonds. The first-order valence-corrected chi connectivity index (χ1v) is 8.85. The van der Waals surface area contributed by atoms with Gasteiger partial charge in [-0.05, 0) is 18.9 Å². The smallest absolute Gasteiger partial charge is 0.223 e. The van der Waals surface area contributed by atoms with Crippen LogP contribution in [0.1, 0.15) is 18.9 Å². The Morgan fingerprint density at radius 2 is 2.17 bits per heavy atom. The average Bonchev–Trinajstić information content (AvgIpc) is 2.28. The van der Waals surface area contributed by atoms with Gasteiger partial charge in [0, 0.05) is 24.8 Å². The first-order valence-electron chi connectivity index (χ1n) is 5.80. The Morgan fingerprint density at radius 1 is 1.44 bits per heavy atom. The van der Waals surface area contributed by atoms with E-state index in [-0.39, 0.29) is 5.75 Å². The Morgan fingerprint density at radius 3 is 2.78 bits per heavy atom. The van der Waals surface area contributed by atoms with Gasteiger partial charge in [0.15, 0.2) is 0 Å². The van der Waals surface area contributed by atoms with Crippen molar-refractivity contribution in [3.63, 3.8) is 0 Å². The molecule has 1 heterocycles. The Balaban J connectivity index is 2.63. The Kier molecular flexibility index (Phi) is 5.87. The zero-order valence-corrected chi connectivity index (χ0v) is 12.6. The summed E-state index contributed by atoms with van der Waals surface area (Å²) in [6, 6.07) is 0. The van der Waals surface area contributed by atoms with Gasteiger partial charge in [-0.25, -0.2) is 18.4 Å². The number of aryl methyl sites for hydroxylation is 1. The standard InChI is InChI=1S/C11H19N3O2S2/c1-4-5-12-11-13-8-9(2)10(14-11)17-6-7-18(3,15)16/h8H,4-7H2,1-3H3,(H,12,13,14). The molecule has 1 N–H and O–H groups in total. The second kappa shape index (κ2) is 6.94. The van der Waals surface area contributed by atoms with E-state index < -0.39 is 9.84 Å². The van der Waals surface area contributed by atoms with E-state index in [1.165, 1.54) is 18.0 Å². The molecule has 0 bridgehead atoms. The maximum atomic E-state index is 11.1. The quantitative estimate of drug-likeness (QED) is 0.609. The zero-order valence-electron chi connectivity index (χ0n) is 10.9. The molecule has 0 saturated heterocycles. The molecule has 0 spiro atoms. The first kappa shape index (κ1) is 15.2. The van der Waals surface area contributed by atoms with Crippen LogP contribution in [0.5, 0.6) is 0 Å². The fraction of sp³-hybridized carbons (Fsp3) is 0.636. The van der Waals surface area contributed by atoms with Crippen LogP contribution in [0.3, 0.4) is 0 Å². The van der Waals surface area contributed by atoms with Gasteiger partial charge in [0.25, 0.3) is 0 Å². The maximum absolute atomic E-state index is 11.1. The molecular formula is C11H19N3O2S2. The van der Waals surface area contributed by atoms with Crippen LogP contribution in [0, 0.1) is 6.92 Å². The highest BCUT2D eigenvalue weighted by Gasteiger charge is 2.07. The zero-order chi connectivity index (χ0) is 13.6. The Bertz CT molecular complexity index is 489. The molecule has 1 aromatic heterocycles. The van der Waals surface area contributed by atoms with Crippen molar-refractivity contribution in [3.8, 4) is 0 Å². The fourth-order valence-corrected chi connectivity index (χ4v) is 3.35. The van der Waals surface area contributed by atoms with E-state index in [9.17, 15) is 8.42 Å². The molecule has 0 aromatic carbocycles. The van der Waals surface area contributed by atoms with Gasteiger partial charge in [-0.15, -0.1) is 11.8 Å².